The topological polar surface area (TPSA) is 201 Å². The van der Waals surface area contributed by atoms with Crippen LogP contribution in [0.4, 0.5) is 0 Å². The summed E-state index contributed by atoms with van der Waals surface area (Å²) in [6.07, 6.45) is 4.79. The van der Waals surface area contributed by atoms with E-state index in [-0.39, 0.29) is 31.1 Å². The van der Waals surface area contributed by atoms with Gasteiger partial charge in [-0.2, -0.15) is 0 Å². The third kappa shape index (κ3) is 14.4. The maximum Gasteiger partial charge on any atom is 0.333 e. The van der Waals surface area contributed by atoms with Crippen molar-refractivity contribution in [3.05, 3.63) is 95.6 Å². The molecule has 2 unspecified atom stereocenters. The summed E-state index contributed by atoms with van der Waals surface area (Å²) < 4.78 is 11.7. The van der Waals surface area contributed by atoms with Crippen molar-refractivity contribution in [3.8, 4) is 11.5 Å². The molecule has 4 bridgehead atoms. The largest absolute Gasteiger partial charge is 0.458 e. The molecule has 5 amide bonds. The number of amides is 5. The van der Waals surface area contributed by atoms with Crippen molar-refractivity contribution in [2.75, 3.05) is 6.54 Å². The van der Waals surface area contributed by atoms with Crippen LogP contribution in [0.5, 0.6) is 11.5 Å². The lowest BCUT2D eigenvalue weighted by atomic mass is 9.83. The first-order valence-electron chi connectivity index (χ1n) is 21.5. The van der Waals surface area contributed by atoms with Crippen LogP contribution in [0.25, 0.3) is 0 Å². The molecule has 14 heteroatoms. The van der Waals surface area contributed by atoms with Crippen molar-refractivity contribution < 1.29 is 43.3 Å². The molecular weight excluding hydrogens is 779 g/mol. The minimum Gasteiger partial charge on any atom is -0.458 e. The summed E-state index contributed by atoms with van der Waals surface area (Å²) in [5, 5.41) is 25.1. The van der Waals surface area contributed by atoms with Crippen LogP contribution in [0.1, 0.15) is 108 Å². The average molecular weight is 840 g/mol. The van der Waals surface area contributed by atoms with Crippen molar-refractivity contribution in [2.45, 2.75) is 134 Å². The number of aryl methyl sites for hydroxylation is 1. The fourth-order valence-electron chi connectivity index (χ4n) is 7.72. The number of nitrogens with one attached hydrogen (secondary N) is 5. The van der Waals surface area contributed by atoms with Gasteiger partial charge in [0.15, 0.2) is 12.1 Å². The standard InChI is InChI=1S/C47H61N5O9/c1-5-14-36(42(55)45(58)48-29-39(54)52-41(33-19-10-7-11-20-33)46(59)61-47(2,3)4)49-43(56)37-28-31-16-12-21-35(27-31)60-34-25-23-30(24-26-34)15-13-22-38(53)51-40(44(57)50-37)32-17-8-6-9-18-32/h7,10-12,16,19-21,23-27,32,36-37,40-42,55H,5-6,8-9,13-15,17-18,22,28-29H2,1-4H3,(H,48,58)(H,49,56)(H,50,57)(H,51,53)(H,52,54)/t36?,37-,40-,41-,42?/m0/s1. The lowest BCUT2D eigenvalue weighted by molar-refractivity contribution is -0.158. The quantitative estimate of drug-likeness (QED) is 0.138. The summed E-state index contributed by atoms with van der Waals surface area (Å²) in [5.74, 6) is -2.66. The van der Waals surface area contributed by atoms with Gasteiger partial charge in [-0.3, -0.25) is 24.0 Å². The molecule has 5 atom stereocenters. The summed E-state index contributed by atoms with van der Waals surface area (Å²) in [7, 11) is 0. The Bertz CT molecular complexity index is 1960. The van der Waals surface area contributed by atoms with Crippen molar-refractivity contribution >= 4 is 35.5 Å². The molecule has 1 fully saturated rings. The monoisotopic (exact) mass is 839 g/mol. The van der Waals surface area contributed by atoms with Crippen LogP contribution < -0.4 is 31.3 Å². The van der Waals surface area contributed by atoms with Crippen molar-refractivity contribution in [1.82, 2.24) is 26.6 Å². The van der Waals surface area contributed by atoms with Crippen LogP contribution in [0, 0.1) is 5.92 Å². The number of rotatable bonds is 12. The second-order valence-corrected chi connectivity index (χ2v) is 17.0. The molecule has 0 spiro atoms. The molecule has 6 N–H and O–H groups in total. The molecule has 3 aromatic rings. The van der Waals surface area contributed by atoms with E-state index in [1.807, 2.05) is 37.3 Å². The van der Waals surface area contributed by atoms with Gasteiger partial charge in [0, 0.05) is 12.8 Å². The SMILES string of the molecule is CCCC(NC(=O)[C@@H]1Cc2cccc(c2)Oc2ccc(cc2)CCCC(=O)N[C@@H](C2CCCCC2)C(=O)N1)C(O)C(=O)NCC(=O)N[C@H](C(=O)OC(C)(C)C)c1ccccc1. The van der Waals surface area contributed by atoms with Crippen LogP contribution in [-0.4, -0.2) is 77.0 Å². The lowest BCUT2D eigenvalue weighted by Gasteiger charge is -2.32. The summed E-state index contributed by atoms with van der Waals surface area (Å²) in [6.45, 7) is 6.38. The molecule has 0 saturated heterocycles. The Balaban J connectivity index is 1.33. The van der Waals surface area contributed by atoms with Gasteiger partial charge in [0.05, 0.1) is 12.6 Å². The first kappa shape index (κ1) is 46.3. The van der Waals surface area contributed by atoms with Gasteiger partial charge in [-0.25, -0.2) is 4.79 Å². The van der Waals surface area contributed by atoms with Gasteiger partial charge in [0.2, 0.25) is 23.6 Å². The number of benzene rings is 3. The van der Waals surface area contributed by atoms with Crippen LogP contribution in [0.3, 0.4) is 0 Å². The second kappa shape index (κ2) is 22.2. The summed E-state index contributed by atoms with van der Waals surface area (Å²) in [5.41, 5.74) is 1.39. The molecule has 14 nitrogen and oxygen atoms in total. The summed E-state index contributed by atoms with van der Waals surface area (Å²) in [6, 6.07) is 19.1. The Morgan fingerprint density at radius 2 is 1.56 bits per heavy atom. The highest BCUT2D eigenvalue weighted by molar-refractivity contribution is 5.93. The number of aliphatic hydroxyl groups excluding tert-OH is 1. The van der Waals surface area contributed by atoms with Crippen LogP contribution in [0.2, 0.25) is 0 Å². The third-order valence-corrected chi connectivity index (χ3v) is 10.8. The first-order valence-corrected chi connectivity index (χ1v) is 21.5. The molecule has 1 aliphatic carbocycles. The molecule has 61 heavy (non-hydrogen) atoms. The van der Waals surface area contributed by atoms with E-state index in [1.165, 1.54) is 0 Å². The van der Waals surface area contributed by atoms with Gasteiger partial charge >= 0.3 is 5.97 Å². The van der Waals surface area contributed by atoms with Gasteiger partial charge in [0.1, 0.15) is 29.2 Å². The first-order chi connectivity index (χ1) is 29.2. The molecule has 3 aromatic carbocycles. The molecule has 0 radical (unpaired) electrons. The summed E-state index contributed by atoms with van der Waals surface area (Å²) >= 11 is 0. The molecule has 3 aliphatic rings. The second-order valence-electron chi connectivity index (χ2n) is 17.0. The Kier molecular flexibility index (Phi) is 16.8. The van der Waals surface area contributed by atoms with Gasteiger partial charge in [-0.1, -0.05) is 87.2 Å². The number of carbonyl (C=O) groups excluding carboxylic acids is 6. The molecule has 0 aromatic heterocycles. The molecule has 2 aliphatic heterocycles. The zero-order chi connectivity index (χ0) is 43.9. The maximum atomic E-state index is 14.3. The minimum atomic E-state index is -1.78. The average Bonchev–Trinajstić information content (AvgIpc) is 3.23. The van der Waals surface area contributed by atoms with E-state index in [1.54, 1.807) is 69.3 Å². The third-order valence-electron chi connectivity index (χ3n) is 10.8. The Hall–Kier alpha value is -5.76. The highest BCUT2D eigenvalue weighted by Crippen LogP contribution is 2.28. The van der Waals surface area contributed by atoms with E-state index in [2.05, 4.69) is 26.6 Å². The highest BCUT2D eigenvalue weighted by atomic mass is 16.6. The van der Waals surface area contributed by atoms with Crippen molar-refractivity contribution in [2.24, 2.45) is 5.92 Å². The predicted octanol–water partition coefficient (Wildman–Crippen LogP) is 4.87. The van der Waals surface area contributed by atoms with Crippen LogP contribution in [0.15, 0.2) is 78.9 Å². The highest BCUT2D eigenvalue weighted by Gasteiger charge is 2.36. The normalized spacial score (nSPS) is 19.3. The van der Waals surface area contributed by atoms with E-state index < -0.39 is 72.0 Å². The van der Waals surface area contributed by atoms with E-state index in [9.17, 15) is 33.9 Å². The van der Waals surface area contributed by atoms with Crippen LogP contribution >= 0.6 is 0 Å². The van der Waals surface area contributed by atoms with Gasteiger partial charge in [-0.05, 0) is 99.7 Å². The predicted molar refractivity (Wildman–Crippen MR) is 229 cm³/mol. The molecule has 6 rings (SSSR count). The van der Waals surface area contributed by atoms with Crippen molar-refractivity contribution in [3.63, 3.8) is 0 Å². The fraction of sp³-hybridized carbons (Fsp3) is 0.489. The minimum absolute atomic E-state index is 0.0284. The van der Waals surface area contributed by atoms with E-state index >= 15 is 0 Å². The molecular formula is C47H61N5O9. The maximum absolute atomic E-state index is 14.3. The molecule has 2 heterocycles. The van der Waals surface area contributed by atoms with Gasteiger partial charge in [-0.15, -0.1) is 0 Å². The fourth-order valence-corrected chi connectivity index (χ4v) is 7.72. The van der Waals surface area contributed by atoms with Gasteiger partial charge < -0.3 is 41.2 Å². The Morgan fingerprint density at radius 3 is 2.25 bits per heavy atom. The Labute approximate surface area is 358 Å². The molecule has 1 saturated carbocycles. The molecule has 328 valence electrons. The lowest BCUT2D eigenvalue weighted by Crippen LogP contribution is -2.59. The number of carbonyl (C=O) groups is 6. The number of aliphatic hydroxyl groups is 1. The zero-order valence-electron chi connectivity index (χ0n) is 35.7. The van der Waals surface area contributed by atoms with Crippen molar-refractivity contribution in [1.29, 1.82) is 0 Å². The number of hydrogen-bond acceptors (Lipinski definition) is 9. The number of ether oxygens (including phenoxy) is 2. The Morgan fingerprint density at radius 1 is 0.836 bits per heavy atom. The van der Waals surface area contributed by atoms with E-state index in [0.29, 0.717) is 41.9 Å². The van der Waals surface area contributed by atoms with E-state index in [0.717, 1.165) is 37.7 Å². The smallest absolute Gasteiger partial charge is 0.333 e. The number of hydrogen-bond donors (Lipinski definition) is 6. The van der Waals surface area contributed by atoms with E-state index in [4.69, 9.17) is 9.47 Å². The summed E-state index contributed by atoms with van der Waals surface area (Å²) in [4.78, 5) is 81.4. The number of esters is 1. The number of fused-ring (bicyclic) bond motifs is 11. The zero-order valence-corrected chi connectivity index (χ0v) is 35.7. The van der Waals surface area contributed by atoms with Gasteiger partial charge in [0.25, 0.3) is 5.91 Å². The van der Waals surface area contributed by atoms with Crippen LogP contribution in [-0.2, 0) is 46.3 Å².